The van der Waals surface area contributed by atoms with Crippen LogP contribution in [0.4, 0.5) is 0 Å². The quantitative estimate of drug-likeness (QED) is 0.847. The van der Waals surface area contributed by atoms with Crippen molar-refractivity contribution in [1.29, 1.82) is 0 Å². The van der Waals surface area contributed by atoms with Gasteiger partial charge in [0.15, 0.2) is 0 Å². The monoisotopic (exact) mass is 337 g/mol. The second-order valence-electron chi connectivity index (χ2n) is 6.40. The molecule has 0 amide bonds. The summed E-state index contributed by atoms with van der Waals surface area (Å²) in [6, 6.07) is 6.63. The first kappa shape index (κ1) is 16.6. The van der Waals surface area contributed by atoms with Gasteiger partial charge in [0.05, 0.1) is 23.5 Å². The third kappa shape index (κ3) is 2.95. The van der Waals surface area contributed by atoms with Crippen LogP contribution in [0.3, 0.4) is 0 Å². The molecule has 23 heavy (non-hydrogen) atoms. The lowest BCUT2D eigenvalue weighted by Gasteiger charge is -2.29. The first-order valence-corrected chi connectivity index (χ1v) is 9.63. The van der Waals surface area contributed by atoms with Crippen molar-refractivity contribution in [3.63, 3.8) is 0 Å². The van der Waals surface area contributed by atoms with E-state index in [1.165, 1.54) is 4.31 Å². The molecule has 1 aromatic carbocycles. The van der Waals surface area contributed by atoms with Crippen molar-refractivity contribution >= 4 is 15.8 Å². The number of Topliss-reactive ketones (excluding diaryl/α,β-unsaturated/α-hetero) is 1. The first-order valence-electron chi connectivity index (χ1n) is 8.19. The van der Waals surface area contributed by atoms with Crippen LogP contribution >= 0.6 is 0 Å². The van der Waals surface area contributed by atoms with Crippen LogP contribution in [-0.4, -0.2) is 37.4 Å². The molecule has 1 aliphatic heterocycles. The molecule has 1 aliphatic carbocycles. The molecule has 5 nitrogen and oxygen atoms in total. The number of ether oxygens (including phenoxy) is 1. The molecule has 2 aliphatic rings. The van der Waals surface area contributed by atoms with Crippen LogP contribution in [0.25, 0.3) is 0 Å². The predicted octanol–water partition coefficient (Wildman–Crippen LogP) is 2.49. The van der Waals surface area contributed by atoms with Crippen LogP contribution in [0.5, 0.6) is 0 Å². The van der Waals surface area contributed by atoms with Crippen molar-refractivity contribution in [2.45, 2.75) is 56.7 Å². The maximum Gasteiger partial charge on any atom is 0.245 e. The Balaban J connectivity index is 1.98. The fourth-order valence-corrected chi connectivity index (χ4v) is 5.27. The van der Waals surface area contributed by atoms with Gasteiger partial charge in [0.25, 0.3) is 0 Å². The molecule has 0 bridgehead atoms. The molecule has 0 radical (unpaired) electrons. The minimum absolute atomic E-state index is 0.121. The Morgan fingerprint density at radius 2 is 1.96 bits per heavy atom. The van der Waals surface area contributed by atoms with Gasteiger partial charge in [-0.1, -0.05) is 24.6 Å². The van der Waals surface area contributed by atoms with Gasteiger partial charge >= 0.3 is 0 Å². The molecule has 0 N–H and O–H groups in total. The fourth-order valence-electron chi connectivity index (χ4n) is 3.46. The lowest BCUT2D eigenvalue weighted by atomic mass is 10.1. The van der Waals surface area contributed by atoms with Gasteiger partial charge in [-0.25, -0.2) is 8.42 Å². The molecule has 0 aromatic heterocycles. The van der Waals surface area contributed by atoms with Crippen molar-refractivity contribution in [2.24, 2.45) is 5.92 Å². The number of nitrogens with zero attached hydrogens (tertiary/aromatic N) is 1. The molecule has 1 heterocycles. The van der Waals surface area contributed by atoms with Crippen molar-refractivity contribution in [3.05, 3.63) is 29.8 Å². The van der Waals surface area contributed by atoms with E-state index in [4.69, 9.17) is 4.74 Å². The van der Waals surface area contributed by atoms with E-state index in [0.717, 1.165) is 12.0 Å². The summed E-state index contributed by atoms with van der Waals surface area (Å²) in [5.74, 6) is -0.206. The molecule has 2 fully saturated rings. The molecule has 1 saturated carbocycles. The largest absolute Gasteiger partial charge is 0.360 e. The van der Waals surface area contributed by atoms with E-state index in [1.807, 2.05) is 13.8 Å². The summed E-state index contributed by atoms with van der Waals surface area (Å²) in [6.45, 7) is 4.23. The summed E-state index contributed by atoms with van der Waals surface area (Å²) in [4.78, 5) is 12.4. The zero-order chi connectivity index (χ0) is 16.6. The first-order chi connectivity index (χ1) is 10.9. The topological polar surface area (TPSA) is 63.7 Å². The van der Waals surface area contributed by atoms with Gasteiger partial charge in [-0.2, -0.15) is 4.31 Å². The molecule has 0 unspecified atom stereocenters. The van der Waals surface area contributed by atoms with Crippen LogP contribution in [0.15, 0.2) is 29.2 Å². The van der Waals surface area contributed by atoms with Crippen LogP contribution in [0.1, 0.15) is 38.2 Å². The van der Waals surface area contributed by atoms with Crippen LogP contribution in [-0.2, 0) is 19.6 Å². The normalized spacial score (nSPS) is 29.3. The second kappa shape index (κ2) is 6.34. The highest BCUT2D eigenvalue weighted by molar-refractivity contribution is 7.89. The molecule has 126 valence electrons. The average molecular weight is 337 g/mol. The van der Waals surface area contributed by atoms with Gasteiger partial charge in [-0.3, -0.25) is 4.79 Å². The summed E-state index contributed by atoms with van der Waals surface area (Å²) in [5.41, 5.74) is 1.01. The van der Waals surface area contributed by atoms with Crippen molar-refractivity contribution in [1.82, 2.24) is 4.31 Å². The van der Waals surface area contributed by atoms with E-state index in [-0.39, 0.29) is 22.6 Å². The summed E-state index contributed by atoms with van der Waals surface area (Å²) in [5, 5.41) is 0. The SMILES string of the molecule is CC[C@@H]1CO[C@H]([C@H]2CCCC2=O)N1S(=O)(=O)c1ccc(C)cc1. The van der Waals surface area contributed by atoms with Crippen LogP contribution < -0.4 is 0 Å². The zero-order valence-electron chi connectivity index (χ0n) is 13.6. The van der Waals surface area contributed by atoms with Gasteiger partial charge < -0.3 is 4.74 Å². The highest BCUT2D eigenvalue weighted by Gasteiger charge is 2.48. The van der Waals surface area contributed by atoms with E-state index in [2.05, 4.69) is 0 Å². The minimum Gasteiger partial charge on any atom is -0.360 e. The molecule has 3 atom stereocenters. The summed E-state index contributed by atoms with van der Waals surface area (Å²) >= 11 is 0. The van der Waals surface area contributed by atoms with E-state index in [9.17, 15) is 13.2 Å². The highest BCUT2D eigenvalue weighted by atomic mass is 32.2. The standard InChI is InChI=1S/C17H23NO4S/c1-3-13-11-22-17(15-5-4-6-16(15)19)18(13)23(20,21)14-9-7-12(2)8-10-14/h7-10,13,15,17H,3-6,11H2,1-2H3/t13-,15+,17-/m1/s1. The summed E-state index contributed by atoms with van der Waals surface area (Å²) in [6.07, 6.45) is 2.07. The molecule has 6 heteroatoms. The van der Waals surface area contributed by atoms with Crippen molar-refractivity contribution in [2.75, 3.05) is 6.61 Å². The minimum atomic E-state index is -3.67. The van der Waals surface area contributed by atoms with E-state index >= 15 is 0 Å². The number of rotatable bonds is 4. The lowest BCUT2D eigenvalue weighted by Crippen LogP contribution is -2.46. The van der Waals surface area contributed by atoms with Crippen LogP contribution in [0.2, 0.25) is 0 Å². The third-order valence-electron chi connectivity index (χ3n) is 4.83. The molecule has 0 spiro atoms. The lowest BCUT2D eigenvalue weighted by molar-refractivity contribution is -0.125. The Morgan fingerprint density at radius 3 is 2.52 bits per heavy atom. The van der Waals surface area contributed by atoms with Crippen molar-refractivity contribution in [3.8, 4) is 0 Å². The number of carbonyl (C=O) groups is 1. The molecule has 1 saturated heterocycles. The van der Waals surface area contributed by atoms with Gasteiger partial charge in [0.2, 0.25) is 10.0 Å². The highest BCUT2D eigenvalue weighted by Crippen LogP contribution is 2.36. The Bertz CT molecular complexity index is 683. The Kier molecular flexibility index (Phi) is 4.58. The zero-order valence-corrected chi connectivity index (χ0v) is 14.4. The molecule has 1 aromatic rings. The Morgan fingerprint density at radius 1 is 1.26 bits per heavy atom. The maximum atomic E-state index is 13.1. The van der Waals surface area contributed by atoms with Crippen LogP contribution in [0, 0.1) is 12.8 Å². The number of hydrogen-bond acceptors (Lipinski definition) is 4. The Hall–Kier alpha value is -1.24. The van der Waals surface area contributed by atoms with Gasteiger partial charge in [-0.05, 0) is 38.3 Å². The van der Waals surface area contributed by atoms with Crippen molar-refractivity contribution < 1.29 is 17.9 Å². The molecular formula is C17H23NO4S. The summed E-state index contributed by atoms with van der Waals surface area (Å²) < 4.78 is 33.5. The number of benzene rings is 1. The molecular weight excluding hydrogens is 314 g/mol. The second-order valence-corrected chi connectivity index (χ2v) is 8.24. The third-order valence-corrected chi connectivity index (χ3v) is 6.76. The predicted molar refractivity (Wildman–Crippen MR) is 86.4 cm³/mol. The number of sulfonamides is 1. The van der Waals surface area contributed by atoms with Gasteiger partial charge in [0, 0.05) is 6.42 Å². The number of ketones is 1. The smallest absolute Gasteiger partial charge is 0.245 e. The Labute approximate surface area is 137 Å². The average Bonchev–Trinajstić information content (AvgIpc) is 3.13. The number of hydrogen-bond donors (Lipinski definition) is 0. The van der Waals surface area contributed by atoms with E-state index < -0.39 is 16.3 Å². The number of aryl methyl sites for hydroxylation is 1. The number of carbonyl (C=O) groups excluding carboxylic acids is 1. The van der Waals surface area contributed by atoms with Gasteiger partial charge in [0.1, 0.15) is 12.0 Å². The maximum absolute atomic E-state index is 13.1. The van der Waals surface area contributed by atoms with E-state index in [0.29, 0.717) is 25.9 Å². The van der Waals surface area contributed by atoms with E-state index in [1.54, 1.807) is 24.3 Å². The van der Waals surface area contributed by atoms with Gasteiger partial charge in [-0.15, -0.1) is 0 Å². The summed E-state index contributed by atoms with van der Waals surface area (Å²) in [7, 11) is -3.67. The fraction of sp³-hybridized carbons (Fsp3) is 0.588. The molecule has 3 rings (SSSR count).